The first-order valence-corrected chi connectivity index (χ1v) is 8.71. The van der Waals surface area contributed by atoms with Crippen molar-refractivity contribution in [3.63, 3.8) is 0 Å². The first kappa shape index (κ1) is 16.4. The maximum atomic E-state index is 12.6. The Morgan fingerprint density at radius 3 is 3.00 bits per heavy atom. The van der Waals surface area contributed by atoms with E-state index in [1.165, 1.54) is 4.90 Å². The number of nitrogens with zero attached hydrogens (tertiary/aromatic N) is 2. The Bertz CT molecular complexity index is 708. The number of rotatable bonds is 2. The molecule has 1 aromatic rings. The van der Waals surface area contributed by atoms with Crippen LogP contribution in [0.3, 0.4) is 0 Å². The average Bonchev–Trinajstić information content (AvgIpc) is 2.99. The predicted molar refractivity (Wildman–Crippen MR) is 92.0 cm³/mol. The highest BCUT2D eigenvalue weighted by Crippen LogP contribution is 2.32. The molecule has 3 atom stereocenters. The molecule has 0 radical (unpaired) electrons. The van der Waals surface area contributed by atoms with Gasteiger partial charge in [-0.25, -0.2) is 0 Å². The molecule has 25 heavy (non-hydrogen) atoms. The van der Waals surface area contributed by atoms with E-state index in [1.807, 2.05) is 0 Å². The van der Waals surface area contributed by atoms with Crippen molar-refractivity contribution in [2.45, 2.75) is 31.5 Å². The summed E-state index contributed by atoms with van der Waals surface area (Å²) in [4.78, 5) is 28.3. The van der Waals surface area contributed by atoms with Crippen LogP contribution in [0.4, 0.5) is 5.69 Å². The molecule has 134 valence electrons. The topological polar surface area (TPSA) is 71.1 Å². The van der Waals surface area contributed by atoms with Crippen LogP contribution in [0, 0.1) is 0 Å². The van der Waals surface area contributed by atoms with Gasteiger partial charge in [0.2, 0.25) is 0 Å². The number of hydrogen-bond donors (Lipinski definition) is 1. The van der Waals surface area contributed by atoms with Gasteiger partial charge in [-0.15, -0.1) is 0 Å². The van der Waals surface area contributed by atoms with Crippen molar-refractivity contribution in [2.24, 2.45) is 0 Å². The fourth-order valence-corrected chi connectivity index (χ4v) is 3.83. The van der Waals surface area contributed by atoms with Crippen LogP contribution in [0.2, 0.25) is 0 Å². The molecule has 0 saturated carbocycles. The molecule has 7 nitrogen and oxygen atoms in total. The summed E-state index contributed by atoms with van der Waals surface area (Å²) in [6.07, 6.45) is 1.16. The average molecular weight is 345 g/mol. The van der Waals surface area contributed by atoms with Gasteiger partial charge in [-0.05, 0) is 31.5 Å². The third-order valence-electron chi connectivity index (χ3n) is 5.24. The number of likely N-dealkylation sites (N-methyl/N-ethyl adjacent to an activating group) is 1. The van der Waals surface area contributed by atoms with Gasteiger partial charge in [-0.2, -0.15) is 0 Å². The summed E-state index contributed by atoms with van der Waals surface area (Å²) in [5.41, 5.74) is 1.17. The molecule has 3 aliphatic rings. The van der Waals surface area contributed by atoms with Gasteiger partial charge in [0.15, 0.2) is 6.61 Å². The Hall–Kier alpha value is -2.12. The van der Waals surface area contributed by atoms with Crippen molar-refractivity contribution >= 4 is 17.5 Å². The van der Waals surface area contributed by atoms with E-state index in [0.717, 1.165) is 26.1 Å². The number of fused-ring (bicyclic) bond motifs is 2. The smallest absolute Gasteiger partial charge is 0.264 e. The van der Waals surface area contributed by atoms with Crippen LogP contribution >= 0.6 is 0 Å². The molecule has 3 heterocycles. The van der Waals surface area contributed by atoms with E-state index in [4.69, 9.17) is 9.47 Å². The standard InChI is InChI=1S/C18H23N3O4/c1-11-7-21-8-13(6-14(21)9-24-11)19-18(23)12-3-4-16-15(5-12)20(2)17(22)10-25-16/h3-5,11,13-14H,6-10H2,1-2H3,(H,19,23)/t11-,13+,14-/m0/s1. The van der Waals surface area contributed by atoms with Crippen molar-refractivity contribution in [2.75, 3.05) is 38.3 Å². The summed E-state index contributed by atoms with van der Waals surface area (Å²) < 4.78 is 11.1. The predicted octanol–water partition coefficient (Wildman–Crippen LogP) is 0.633. The van der Waals surface area contributed by atoms with Crippen LogP contribution in [0.1, 0.15) is 23.7 Å². The van der Waals surface area contributed by atoms with Gasteiger partial charge in [0, 0.05) is 37.8 Å². The van der Waals surface area contributed by atoms with E-state index in [2.05, 4.69) is 17.1 Å². The lowest BCUT2D eigenvalue weighted by Gasteiger charge is -2.33. The first-order chi connectivity index (χ1) is 12.0. The van der Waals surface area contributed by atoms with E-state index in [9.17, 15) is 9.59 Å². The molecule has 4 rings (SSSR count). The quantitative estimate of drug-likeness (QED) is 0.851. The van der Waals surface area contributed by atoms with Crippen LogP contribution in [0.5, 0.6) is 5.75 Å². The molecule has 7 heteroatoms. The number of carbonyl (C=O) groups excluding carboxylic acids is 2. The number of amides is 2. The molecule has 2 saturated heterocycles. The summed E-state index contributed by atoms with van der Waals surface area (Å²) in [6.45, 7) is 4.62. The lowest BCUT2D eigenvalue weighted by Crippen LogP contribution is -2.45. The molecule has 2 amide bonds. The van der Waals surface area contributed by atoms with E-state index < -0.39 is 0 Å². The van der Waals surface area contributed by atoms with Crippen molar-refractivity contribution in [1.82, 2.24) is 10.2 Å². The maximum absolute atomic E-state index is 12.6. The number of anilines is 1. The van der Waals surface area contributed by atoms with Gasteiger partial charge < -0.3 is 19.7 Å². The number of hydrogen-bond acceptors (Lipinski definition) is 5. The third-order valence-corrected chi connectivity index (χ3v) is 5.24. The summed E-state index contributed by atoms with van der Waals surface area (Å²) in [6, 6.07) is 5.72. The Kier molecular flexibility index (Phi) is 4.13. The van der Waals surface area contributed by atoms with E-state index >= 15 is 0 Å². The van der Waals surface area contributed by atoms with Crippen molar-refractivity contribution in [3.05, 3.63) is 23.8 Å². The van der Waals surface area contributed by atoms with Gasteiger partial charge in [0.1, 0.15) is 5.75 Å². The number of ether oxygens (including phenoxy) is 2. The minimum atomic E-state index is -0.119. The highest BCUT2D eigenvalue weighted by molar-refractivity contribution is 6.01. The Balaban J connectivity index is 1.44. The monoisotopic (exact) mass is 345 g/mol. The van der Waals surface area contributed by atoms with Gasteiger partial charge in [0.25, 0.3) is 11.8 Å². The second kappa shape index (κ2) is 6.31. The van der Waals surface area contributed by atoms with Crippen LogP contribution in [0.15, 0.2) is 18.2 Å². The zero-order valence-corrected chi connectivity index (χ0v) is 14.5. The normalized spacial score (nSPS) is 29.0. The van der Waals surface area contributed by atoms with Crippen molar-refractivity contribution < 1.29 is 19.1 Å². The van der Waals surface area contributed by atoms with Gasteiger partial charge >= 0.3 is 0 Å². The van der Waals surface area contributed by atoms with Gasteiger partial charge in [0.05, 0.1) is 18.4 Å². The van der Waals surface area contributed by atoms with Gasteiger partial charge in [-0.3, -0.25) is 14.5 Å². The zero-order chi connectivity index (χ0) is 17.6. The van der Waals surface area contributed by atoms with Gasteiger partial charge in [-0.1, -0.05) is 0 Å². The van der Waals surface area contributed by atoms with Crippen molar-refractivity contribution in [1.29, 1.82) is 0 Å². The molecule has 0 aromatic heterocycles. The third kappa shape index (κ3) is 3.09. The van der Waals surface area contributed by atoms with Crippen LogP contribution < -0.4 is 15.0 Å². The molecule has 0 unspecified atom stereocenters. The highest BCUT2D eigenvalue weighted by Gasteiger charge is 2.37. The molecule has 0 aliphatic carbocycles. The molecule has 3 aliphatic heterocycles. The second-order valence-electron chi connectivity index (χ2n) is 7.08. The first-order valence-electron chi connectivity index (χ1n) is 8.71. The van der Waals surface area contributed by atoms with E-state index in [0.29, 0.717) is 23.0 Å². The second-order valence-corrected chi connectivity index (χ2v) is 7.08. The summed E-state index contributed by atoms with van der Waals surface area (Å²) in [5, 5.41) is 3.12. The summed E-state index contributed by atoms with van der Waals surface area (Å²) in [5.74, 6) is 0.391. The molecular weight excluding hydrogens is 322 g/mol. The Labute approximate surface area is 146 Å². The Morgan fingerprint density at radius 2 is 2.16 bits per heavy atom. The molecule has 2 fully saturated rings. The van der Waals surface area contributed by atoms with E-state index in [1.54, 1.807) is 25.2 Å². The lowest BCUT2D eigenvalue weighted by molar-refractivity contribution is -0.120. The summed E-state index contributed by atoms with van der Waals surface area (Å²) in [7, 11) is 1.70. The zero-order valence-electron chi connectivity index (χ0n) is 14.5. The highest BCUT2D eigenvalue weighted by atomic mass is 16.5. The number of benzene rings is 1. The fourth-order valence-electron chi connectivity index (χ4n) is 3.83. The molecular formula is C18H23N3O4. The largest absolute Gasteiger partial charge is 0.482 e. The fraction of sp³-hybridized carbons (Fsp3) is 0.556. The van der Waals surface area contributed by atoms with Crippen molar-refractivity contribution in [3.8, 4) is 5.75 Å². The number of morpholine rings is 1. The SMILES string of the molecule is C[C@H]1CN2C[C@H](NC(=O)c3ccc4c(c3)N(C)C(=O)CO4)C[C@H]2CO1. The minimum Gasteiger partial charge on any atom is -0.482 e. The van der Waals surface area contributed by atoms with Crippen LogP contribution in [-0.4, -0.2) is 68.3 Å². The lowest BCUT2D eigenvalue weighted by atomic mass is 10.1. The maximum Gasteiger partial charge on any atom is 0.264 e. The Morgan fingerprint density at radius 1 is 1.32 bits per heavy atom. The summed E-state index contributed by atoms with van der Waals surface area (Å²) >= 11 is 0. The molecule has 1 aromatic carbocycles. The number of carbonyl (C=O) groups is 2. The van der Waals surface area contributed by atoms with E-state index in [-0.39, 0.29) is 30.6 Å². The minimum absolute atomic E-state index is 0.0365. The van der Waals surface area contributed by atoms with Crippen LogP contribution in [-0.2, 0) is 9.53 Å². The number of nitrogens with one attached hydrogen (secondary N) is 1. The molecule has 0 bridgehead atoms. The molecule has 0 spiro atoms. The molecule has 1 N–H and O–H groups in total. The van der Waals surface area contributed by atoms with Crippen LogP contribution in [0.25, 0.3) is 0 Å².